The van der Waals surface area contributed by atoms with Gasteiger partial charge in [0, 0.05) is 25.2 Å². The first-order valence-electron chi connectivity index (χ1n) is 9.30. The molecule has 2 heterocycles. The second-order valence-corrected chi connectivity index (χ2v) is 9.89. The summed E-state index contributed by atoms with van der Waals surface area (Å²) >= 11 is 0. The van der Waals surface area contributed by atoms with E-state index in [1.807, 2.05) is 0 Å². The van der Waals surface area contributed by atoms with Crippen molar-refractivity contribution in [3.63, 3.8) is 0 Å². The second-order valence-electron chi connectivity index (χ2n) is 7.66. The predicted octanol–water partition coefficient (Wildman–Crippen LogP) is 2.20. The van der Waals surface area contributed by atoms with Crippen LogP contribution in [0.4, 0.5) is 0 Å². The Morgan fingerprint density at radius 3 is 2.55 bits per heavy atom. The van der Waals surface area contributed by atoms with E-state index in [-0.39, 0.29) is 6.04 Å². The summed E-state index contributed by atoms with van der Waals surface area (Å²) in [5.74, 6) is 1.65. The highest BCUT2D eigenvalue weighted by Gasteiger charge is 2.29. The van der Waals surface area contributed by atoms with E-state index in [4.69, 9.17) is 0 Å². The van der Waals surface area contributed by atoms with E-state index >= 15 is 0 Å². The third-order valence-electron chi connectivity index (χ3n) is 5.82. The molecule has 4 nitrogen and oxygen atoms in total. The molecular weight excluding hydrogens is 296 g/mol. The molecule has 0 amide bonds. The minimum atomic E-state index is -2.79. The largest absolute Gasteiger partial charge is 0.311 e. The van der Waals surface area contributed by atoms with E-state index in [1.165, 1.54) is 58.0 Å². The minimum absolute atomic E-state index is 0.191. The average Bonchev–Trinajstić information content (AvgIpc) is 2.92. The highest BCUT2D eigenvalue weighted by Crippen LogP contribution is 2.27. The zero-order chi connectivity index (χ0) is 15.4. The lowest BCUT2D eigenvalue weighted by atomic mass is 9.89. The van der Waals surface area contributed by atoms with Gasteiger partial charge in [0.05, 0.1) is 11.5 Å². The maximum atomic E-state index is 11.7. The molecule has 22 heavy (non-hydrogen) atoms. The van der Waals surface area contributed by atoms with Crippen LogP contribution in [0.25, 0.3) is 0 Å². The number of nitrogens with one attached hydrogen (secondary N) is 1. The van der Waals surface area contributed by atoms with E-state index in [1.54, 1.807) is 0 Å². The molecule has 0 aromatic carbocycles. The average molecular weight is 329 g/mol. The van der Waals surface area contributed by atoms with Crippen LogP contribution in [0.2, 0.25) is 0 Å². The molecule has 0 bridgehead atoms. The van der Waals surface area contributed by atoms with Crippen molar-refractivity contribution in [2.24, 2.45) is 5.92 Å². The molecule has 1 N–H and O–H groups in total. The zero-order valence-electron chi connectivity index (χ0n) is 13.8. The van der Waals surface area contributed by atoms with Crippen LogP contribution in [0.5, 0.6) is 0 Å². The van der Waals surface area contributed by atoms with Crippen molar-refractivity contribution in [2.45, 2.75) is 69.9 Å². The van der Waals surface area contributed by atoms with Gasteiger partial charge in [-0.1, -0.05) is 19.3 Å². The number of hydrogen-bond acceptors (Lipinski definition) is 4. The first-order valence-corrected chi connectivity index (χ1v) is 11.1. The Morgan fingerprint density at radius 2 is 1.77 bits per heavy atom. The second kappa shape index (κ2) is 7.63. The van der Waals surface area contributed by atoms with Crippen LogP contribution in [0, 0.1) is 5.92 Å². The van der Waals surface area contributed by atoms with Gasteiger partial charge in [0.2, 0.25) is 0 Å². The summed E-state index contributed by atoms with van der Waals surface area (Å²) in [6, 6.07) is 0.822. The molecule has 2 saturated heterocycles. The molecule has 1 saturated carbocycles. The van der Waals surface area contributed by atoms with Crippen LogP contribution in [-0.2, 0) is 9.84 Å². The van der Waals surface area contributed by atoms with Gasteiger partial charge in [-0.25, -0.2) is 8.42 Å². The molecule has 5 heteroatoms. The van der Waals surface area contributed by atoms with Gasteiger partial charge in [0.15, 0.2) is 9.84 Å². The molecule has 2 aliphatic heterocycles. The summed E-state index contributed by atoms with van der Waals surface area (Å²) in [7, 11) is -2.79. The lowest BCUT2D eigenvalue weighted by molar-refractivity contribution is 0.182. The summed E-state index contributed by atoms with van der Waals surface area (Å²) in [4.78, 5) is 2.68. The minimum Gasteiger partial charge on any atom is -0.311 e. The fourth-order valence-corrected chi connectivity index (χ4v) is 6.23. The van der Waals surface area contributed by atoms with Crippen LogP contribution in [0.3, 0.4) is 0 Å². The Bertz CT molecular complexity index is 446. The molecule has 0 unspecified atom stereocenters. The number of sulfone groups is 1. The summed E-state index contributed by atoms with van der Waals surface area (Å²) in [6.07, 6.45) is 11.5. The molecule has 0 aromatic heterocycles. The van der Waals surface area contributed by atoms with E-state index < -0.39 is 9.84 Å². The number of rotatable bonds is 5. The quantitative estimate of drug-likeness (QED) is 0.840. The highest BCUT2D eigenvalue weighted by molar-refractivity contribution is 7.91. The third-order valence-corrected chi connectivity index (χ3v) is 7.64. The van der Waals surface area contributed by atoms with E-state index in [0.29, 0.717) is 17.5 Å². The maximum absolute atomic E-state index is 11.7. The van der Waals surface area contributed by atoms with Crippen LogP contribution in [0.15, 0.2) is 0 Å². The summed E-state index contributed by atoms with van der Waals surface area (Å²) in [6.45, 7) is 3.49. The summed E-state index contributed by atoms with van der Waals surface area (Å²) in [5.41, 5.74) is 0. The Morgan fingerprint density at radius 1 is 0.955 bits per heavy atom. The standard InChI is InChI=1S/C17H32N2O2S/c20-22(21)11-5-8-16(14-22)18-12-17-9-4-10-19(17)13-15-6-2-1-3-7-15/h15-18H,1-14H2/t16-,17-/m1/s1. The zero-order valence-corrected chi connectivity index (χ0v) is 14.6. The molecule has 0 spiro atoms. The first kappa shape index (κ1) is 16.7. The fraction of sp³-hybridized carbons (Fsp3) is 1.00. The van der Waals surface area contributed by atoms with Crippen molar-refractivity contribution in [3.8, 4) is 0 Å². The lowest BCUT2D eigenvalue weighted by Crippen LogP contribution is -2.47. The Hall–Kier alpha value is -0.130. The predicted molar refractivity (Wildman–Crippen MR) is 90.8 cm³/mol. The molecule has 0 radical (unpaired) electrons. The summed E-state index contributed by atoms with van der Waals surface area (Å²) in [5, 5.41) is 3.57. The van der Waals surface area contributed by atoms with Crippen LogP contribution in [0.1, 0.15) is 57.8 Å². The van der Waals surface area contributed by atoms with Crippen molar-refractivity contribution < 1.29 is 8.42 Å². The first-order chi connectivity index (χ1) is 10.6. The Kier molecular flexibility index (Phi) is 5.80. The molecule has 2 atom stereocenters. The topological polar surface area (TPSA) is 49.4 Å². The molecule has 1 aliphatic carbocycles. The van der Waals surface area contributed by atoms with Crippen molar-refractivity contribution in [1.82, 2.24) is 10.2 Å². The maximum Gasteiger partial charge on any atom is 0.151 e. The van der Waals surface area contributed by atoms with Crippen LogP contribution in [-0.4, -0.2) is 56.5 Å². The number of hydrogen-bond donors (Lipinski definition) is 1. The molecule has 3 rings (SSSR count). The van der Waals surface area contributed by atoms with Gasteiger partial charge in [-0.05, 0) is 51.0 Å². The highest BCUT2D eigenvalue weighted by atomic mass is 32.2. The smallest absolute Gasteiger partial charge is 0.151 e. The van der Waals surface area contributed by atoms with Gasteiger partial charge >= 0.3 is 0 Å². The van der Waals surface area contributed by atoms with Gasteiger partial charge in [-0.3, -0.25) is 4.90 Å². The van der Waals surface area contributed by atoms with Crippen molar-refractivity contribution in [3.05, 3.63) is 0 Å². The van der Waals surface area contributed by atoms with E-state index in [0.717, 1.165) is 25.3 Å². The monoisotopic (exact) mass is 328 g/mol. The number of nitrogens with zero attached hydrogens (tertiary/aromatic N) is 1. The molecule has 3 aliphatic rings. The molecule has 128 valence electrons. The van der Waals surface area contributed by atoms with Gasteiger partial charge in [-0.15, -0.1) is 0 Å². The lowest BCUT2D eigenvalue weighted by Gasteiger charge is -2.32. The van der Waals surface area contributed by atoms with Gasteiger partial charge < -0.3 is 5.32 Å². The normalized spacial score (nSPS) is 34.0. The molecule has 0 aromatic rings. The third kappa shape index (κ3) is 4.68. The SMILES string of the molecule is O=S1(=O)CCC[C@@H](NC[C@H]2CCCN2CC2CCCCC2)C1. The summed E-state index contributed by atoms with van der Waals surface area (Å²) < 4.78 is 23.5. The van der Waals surface area contributed by atoms with Crippen molar-refractivity contribution in [2.75, 3.05) is 31.1 Å². The molecule has 3 fully saturated rings. The van der Waals surface area contributed by atoms with Gasteiger partial charge in [-0.2, -0.15) is 0 Å². The Labute approximate surface area is 135 Å². The number of likely N-dealkylation sites (tertiary alicyclic amines) is 1. The van der Waals surface area contributed by atoms with E-state index in [2.05, 4.69) is 10.2 Å². The van der Waals surface area contributed by atoms with Crippen molar-refractivity contribution in [1.29, 1.82) is 0 Å². The van der Waals surface area contributed by atoms with Crippen molar-refractivity contribution >= 4 is 9.84 Å². The molecular formula is C17H32N2O2S. The fourth-order valence-electron chi connectivity index (χ4n) is 4.55. The van der Waals surface area contributed by atoms with Crippen LogP contribution < -0.4 is 5.32 Å². The Balaban J connectivity index is 1.44. The van der Waals surface area contributed by atoms with Gasteiger partial charge in [0.25, 0.3) is 0 Å². The van der Waals surface area contributed by atoms with Gasteiger partial charge in [0.1, 0.15) is 0 Å². The van der Waals surface area contributed by atoms with Crippen LogP contribution >= 0.6 is 0 Å². The van der Waals surface area contributed by atoms with E-state index in [9.17, 15) is 8.42 Å².